The highest BCUT2D eigenvalue weighted by Crippen LogP contribution is 2.18. The van der Waals surface area contributed by atoms with E-state index in [-0.39, 0.29) is 5.78 Å². The number of rotatable bonds is 5. The predicted molar refractivity (Wildman–Crippen MR) is 64.9 cm³/mol. The third-order valence-corrected chi connectivity index (χ3v) is 2.43. The second-order valence-electron chi connectivity index (χ2n) is 3.98. The molecule has 88 valence electrons. The Morgan fingerprint density at radius 3 is 2.75 bits per heavy atom. The second-order valence-corrected chi connectivity index (χ2v) is 4.38. The van der Waals surface area contributed by atoms with E-state index in [1.807, 2.05) is 19.0 Å². The number of hydrogen-bond acceptors (Lipinski definition) is 3. The summed E-state index contributed by atoms with van der Waals surface area (Å²) in [5.41, 5.74) is 0.893. The molecule has 0 N–H and O–H groups in total. The predicted octanol–water partition coefficient (Wildman–Crippen LogP) is 1.86. The van der Waals surface area contributed by atoms with Crippen LogP contribution in [0.25, 0.3) is 0 Å². The van der Waals surface area contributed by atoms with Crippen LogP contribution in [0.15, 0.2) is 18.3 Å². The van der Waals surface area contributed by atoms with Crippen molar-refractivity contribution in [1.82, 2.24) is 14.7 Å². The number of aromatic nitrogens is 2. The van der Waals surface area contributed by atoms with Crippen molar-refractivity contribution in [1.29, 1.82) is 0 Å². The van der Waals surface area contributed by atoms with Gasteiger partial charge in [-0.2, -0.15) is 5.10 Å². The summed E-state index contributed by atoms with van der Waals surface area (Å²) in [6, 6.07) is 0. The number of nitrogens with zero attached hydrogens (tertiary/aromatic N) is 3. The van der Waals surface area contributed by atoms with Crippen molar-refractivity contribution in [3.63, 3.8) is 0 Å². The Morgan fingerprint density at radius 1 is 1.62 bits per heavy atom. The van der Waals surface area contributed by atoms with Crippen LogP contribution in [0.5, 0.6) is 0 Å². The summed E-state index contributed by atoms with van der Waals surface area (Å²) < 4.78 is 1.62. The van der Waals surface area contributed by atoms with Crippen molar-refractivity contribution in [2.24, 2.45) is 0 Å². The summed E-state index contributed by atoms with van der Waals surface area (Å²) in [5, 5.41) is 4.47. The van der Waals surface area contributed by atoms with Crippen LogP contribution < -0.4 is 0 Å². The van der Waals surface area contributed by atoms with Gasteiger partial charge in [0.05, 0.1) is 17.8 Å². The molecule has 5 heteroatoms. The Balaban J connectivity index is 2.94. The smallest absolute Gasteiger partial charge is 0.207 e. The molecule has 0 radical (unpaired) electrons. The van der Waals surface area contributed by atoms with Crippen LogP contribution in [0.4, 0.5) is 0 Å². The molecule has 4 nitrogen and oxygen atoms in total. The Kier molecular flexibility index (Phi) is 4.26. The van der Waals surface area contributed by atoms with Gasteiger partial charge in [-0.25, -0.2) is 0 Å². The first-order valence-corrected chi connectivity index (χ1v) is 5.37. The number of allylic oxidation sites excluding steroid dienone is 1. The molecule has 0 unspecified atom stereocenters. The minimum absolute atomic E-state index is 0.152. The minimum Gasteiger partial charge on any atom is -0.308 e. The molecule has 0 amide bonds. The second kappa shape index (κ2) is 5.27. The Morgan fingerprint density at radius 2 is 2.25 bits per heavy atom. The van der Waals surface area contributed by atoms with Gasteiger partial charge >= 0.3 is 0 Å². The lowest BCUT2D eigenvalue weighted by molar-refractivity contribution is 0.102. The van der Waals surface area contributed by atoms with Crippen molar-refractivity contribution >= 4 is 17.4 Å². The fourth-order valence-electron chi connectivity index (χ4n) is 1.25. The van der Waals surface area contributed by atoms with Gasteiger partial charge in [-0.1, -0.05) is 18.2 Å². The molecular weight excluding hydrogens is 226 g/mol. The maximum Gasteiger partial charge on any atom is 0.207 e. The first-order valence-electron chi connectivity index (χ1n) is 4.99. The molecule has 0 aliphatic rings. The molecule has 0 bridgehead atoms. The summed E-state index contributed by atoms with van der Waals surface area (Å²) in [7, 11) is 3.93. The van der Waals surface area contributed by atoms with Gasteiger partial charge in [0, 0.05) is 6.54 Å². The van der Waals surface area contributed by atoms with E-state index in [1.165, 1.54) is 6.20 Å². The topological polar surface area (TPSA) is 38.1 Å². The molecule has 0 fully saturated rings. The largest absolute Gasteiger partial charge is 0.308 e. The summed E-state index contributed by atoms with van der Waals surface area (Å²) in [4.78, 5) is 13.9. The zero-order chi connectivity index (χ0) is 12.3. The number of hydrogen-bond donors (Lipinski definition) is 0. The van der Waals surface area contributed by atoms with E-state index in [0.717, 1.165) is 6.54 Å². The third kappa shape index (κ3) is 2.93. The molecule has 1 aromatic heterocycles. The van der Waals surface area contributed by atoms with Crippen molar-refractivity contribution < 1.29 is 4.79 Å². The standard InChI is InChI=1S/C11H16ClN3O/c1-8(2)11(16)10-9(12)7-13-15(10)6-5-14(3)4/h7H,1,5-6H2,2-4H3. The average molecular weight is 242 g/mol. The zero-order valence-electron chi connectivity index (χ0n) is 9.83. The number of ketones is 1. The van der Waals surface area contributed by atoms with E-state index in [0.29, 0.717) is 22.8 Å². The number of halogens is 1. The number of Topliss-reactive ketones (excluding diaryl/α,β-unsaturated/α-hetero) is 1. The molecule has 1 rings (SSSR count). The first kappa shape index (κ1) is 12.9. The van der Waals surface area contributed by atoms with Gasteiger partial charge in [0.1, 0.15) is 5.69 Å². The van der Waals surface area contributed by atoms with Gasteiger partial charge in [-0.05, 0) is 26.6 Å². The van der Waals surface area contributed by atoms with Crippen molar-refractivity contribution in [3.05, 3.63) is 29.1 Å². The van der Waals surface area contributed by atoms with Crippen molar-refractivity contribution in [2.75, 3.05) is 20.6 Å². The SMILES string of the molecule is C=C(C)C(=O)c1c(Cl)cnn1CCN(C)C. The number of carbonyl (C=O) groups excluding carboxylic acids is 1. The van der Waals surface area contributed by atoms with Crippen LogP contribution in [0.2, 0.25) is 5.02 Å². The molecule has 16 heavy (non-hydrogen) atoms. The molecule has 0 spiro atoms. The van der Waals surface area contributed by atoms with E-state index < -0.39 is 0 Å². The van der Waals surface area contributed by atoms with Gasteiger partial charge in [-0.15, -0.1) is 0 Å². The Bertz CT molecular complexity index is 409. The summed E-state index contributed by atoms with van der Waals surface area (Å²) in [6.45, 7) is 6.73. The highest BCUT2D eigenvalue weighted by molar-refractivity contribution is 6.34. The quantitative estimate of drug-likeness (QED) is 0.583. The summed E-state index contributed by atoms with van der Waals surface area (Å²) >= 11 is 5.94. The van der Waals surface area contributed by atoms with Crippen LogP contribution >= 0.6 is 11.6 Å². The lowest BCUT2D eigenvalue weighted by Gasteiger charge is -2.11. The molecule has 0 aliphatic heterocycles. The maximum absolute atomic E-state index is 11.8. The van der Waals surface area contributed by atoms with Gasteiger partial charge < -0.3 is 4.90 Å². The highest BCUT2D eigenvalue weighted by Gasteiger charge is 2.17. The number of likely N-dealkylation sites (N-methyl/N-ethyl adjacent to an activating group) is 1. The molecule has 0 atom stereocenters. The van der Waals surface area contributed by atoms with Gasteiger partial charge in [0.2, 0.25) is 5.78 Å². The minimum atomic E-state index is -0.152. The van der Waals surface area contributed by atoms with Crippen LogP contribution in [0, 0.1) is 0 Å². The monoisotopic (exact) mass is 241 g/mol. The molecule has 0 saturated carbocycles. The lowest BCUT2D eigenvalue weighted by Crippen LogP contribution is -2.21. The summed E-state index contributed by atoms with van der Waals surface area (Å²) in [6.07, 6.45) is 1.49. The van der Waals surface area contributed by atoms with E-state index in [9.17, 15) is 4.79 Å². The average Bonchev–Trinajstić information content (AvgIpc) is 2.55. The van der Waals surface area contributed by atoms with Crippen molar-refractivity contribution in [3.8, 4) is 0 Å². The Labute approximate surface area is 100 Å². The Hall–Kier alpha value is -1.13. The highest BCUT2D eigenvalue weighted by atomic mass is 35.5. The molecule has 0 aliphatic carbocycles. The maximum atomic E-state index is 11.8. The van der Waals surface area contributed by atoms with Crippen LogP contribution in [-0.2, 0) is 6.54 Å². The molecule has 1 aromatic rings. The van der Waals surface area contributed by atoms with Crippen LogP contribution in [-0.4, -0.2) is 41.1 Å². The number of carbonyl (C=O) groups is 1. The molecule has 1 heterocycles. The van der Waals surface area contributed by atoms with Gasteiger partial charge in [-0.3, -0.25) is 9.48 Å². The van der Waals surface area contributed by atoms with E-state index in [1.54, 1.807) is 11.6 Å². The molecule has 0 saturated heterocycles. The van der Waals surface area contributed by atoms with E-state index >= 15 is 0 Å². The molecule has 0 aromatic carbocycles. The molecular formula is C11H16ClN3O. The normalized spacial score (nSPS) is 10.8. The van der Waals surface area contributed by atoms with Gasteiger partial charge in [0.25, 0.3) is 0 Å². The van der Waals surface area contributed by atoms with Crippen LogP contribution in [0.1, 0.15) is 17.4 Å². The van der Waals surface area contributed by atoms with Crippen molar-refractivity contribution in [2.45, 2.75) is 13.5 Å². The third-order valence-electron chi connectivity index (χ3n) is 2.16. The fraction of sp³-hybridized carbons (Fsp3) is 0.455. The van der Waals surface area contributed by atoms with E-state index in [4.69, 9.17) is 11.6 Å². The first-order chi connectivity index (χ1) is 7.43. The fourth-order valence-corrected chi connectivity index (χ4v) is 1.48. The lowest BCUT2D eigenvalue weighted by atomic mass is 10.1. The van der Waals surface area contributed by atoms with Gasteiger partial charge in [0.15, 0.2) is 0 Å². The zero-order valence-corrected chi connectivity index (χ0v) is 10.6. The van der Waals surface area contributed by atoms with E-state index in [2.05, 4.69) is 11.7 Å². The summed E-state index contributed by atoms with van der Waals surface area (Å²) in [5.74, 6) is -0.152. The van der Waals surface area contributed by atoms with Crippen LogP contribution in [0.3, 0.4) is 0 Å².